The number of amides is 2. The second kappa shape index (κ2) is 7.05. The molecular weight excluding hydrogens is 200 g/mol. The Morgan fingerprint density at radius 1 is 1.40 bits per heavy atom. The Labute approximate surface area is 89.0 Å². The highest BCUT2D eigenvalue weighted by Crippen LogP contribution is 1.95. The summed E-state index contributed by atoms with van der Waals surface area (Å²) in [6.07, 6.45) is -0.626. The van der Waals surface area contributed by atoms with Crippen LogP contribution in [0.25, 0.3) is 0 Å². The van der Waals surface area contributed by atoms with Gasteiger partial charge in [0, 0.05) is 19.7 Å². The second-order valence-corrected chi connectivity index (χ2v) is 3.46. The molecule has 1 unspecified atom stereocenters. The van der Waals surface area contributed by atoms with Crippen molar-refractivity contribution >= 4 is 12.0 Å². The largest absolute Gasteiger partial charge is 0.481 e. The van der Waals surface area contributed by atoms with E-state index in [0.29, 0.717) is 0 Å². The first-order valence-corrected chi connectivity index (χ1v) is 4.74. The first kappa shape index (κ1) is 13.7. The molecule has 2 amide bonds. The molecule has 0 aromatic rings. The lowest BCUT2D eigenvalue weighted by Gasteiger charge is -2.15. The van der Waals surface area contributed by atoms with Gasteiger partial charge in [0.25, 0.3) is 0 Å². The molecule has 6 nitrogen and oxygen atoms in total. The molecule has 0 radical (unpaired) electrons. The van der Waals surface area contributed by atoms with E-state index in [1.807, 2.05) is 13.8 Å². The van der Waals surface area contributed by atoms with Crippen LogP contribution in [-0.4, -0.2) is 42.9 Å². The first-order chi connectivity index (χ1) is 6.95. The van der Waals surface area contributed by atoms with Gasteiger partial charge >= 0.3 is 12.0 Å². The van der Waals surface area contributed by atoms with Crippen molar-refractivity contribution in [3.63, 3.8) is 0 Å². The predicted molar refractivity (Wildman–Crippen MR) is 54.7 cm³/mol. The molecular formula is C9H18N2O4. The van der Waals surface area contributed by atoms with Gasteiger partial charge in [-0.2, -0.15) is 0 Å². The molecule has 1 atom stereocenters. The maximum Gasteiger partial charge on any atom is 0.315 e. The van der Waals surface area contributed by atoms with E-state index in [1.54, 1.807) is 0 Å². The average molecular weight is 218 g/mol. The van der Waals surface area contributed by atoms with Gasteiger partial charge < -0.3 is 20.5 Å². The Balaban J connectivity index is 3.79. The fourth-order valence-corrected chi connectivity index (χ4v) is 0.953. The molecule has 0 spiro atoms. The lowest BCUT2D eigenvalue weighted by Crippen LogP contribution is -2.43. The summed E-state index contributed by atoms with van der Waals surface area (Å²) in [7, 11) is 1.41. The number of ether oxygens (including phenoxy) is 1. The number of methoxy groups -OCH3 is 1. The van der Waals surface area contributed by atoms with Gasteiger partial charge in [0.05, 0.1) is 12.5 Å². The number of carbonyl (C=O) groups is 2. The van der Waals surface area contributed by atoms with Gasteiger partial charge in [-0.3, -0.25) is 4.79 Å². The lowest BCUT2D eigenvalue weighted by molar-refractivity contribution is -0.139. The van der Waals surface area contributed by atoms with E-state index in [-0.39, 0.29) is 25.0 Å². The summed E-state index contributed by atoms with van der Waals surface area (Å²) in [5, 5.41) is 13.7. The number of carboxylic acid groups (broad SMARTS) is 1. The minimum Gasteiger partial charge on any atom is -0.481 e. The number of aliphatic carboxylic acids is 1. The monoisotopic (exact) mass is 218 g/mol. The molecule has 0 saturated heterocycles. The summed E-state index contributed by atoms with van der Waals surface area (Å²) in [4.78, 5) is 21.5. The zero-order valence-electron chi connectivity index (χ0n) is 9.24. The van der Waals surface area contributed by atoms with Crippen LogP contribution in [0.2, 0.25) is 0 Å². The second-order valence-electron chi connectivity index (χ2n) is 3.46. The van der Waals surface area contributed by atoms with E-state index in [0.717, 1.165) is 0 Å². The quantitative estimate of drug-likeness (QED) is 0.593. The van der Waals surface area contributed by atoms with Crippen molar-refractivity contribution in [2.24, 2.45) is 0 Å². The molecule has 0 aromatic heterocycles. The highest BCUT2D eigenvalue weighted by atomic mass is 16.5. The summed E-state index contributed by atoms with van der Waals surface area (Å²) >= 11 is 0. The molecule has 15 heavy (non-hydrogen) atoms. The SMILES string of the molecule is COC(CNC(=O)NC(C)C)CC(=O)O. The predicted octanol–water partition coefficient (Wildman–Crippen LogP) is 0.184. The standard InChI is InChI=1S/C9H18N2O4/c1-6(2)11-9(14)10-5-7(15-3)4-8(12)13/h6-7H,4-5H2,1-3H3,(H,12,13)(H2,10,11,14). The number of carboxylic acids is 1. The molecule has 0 bridgehead atoms. The first-order valence-electron chi connectivity index (χ1n) is 4.74. The number of urea groups is 1. The number of hydrogen-bond acceptors (Lipinski definition) is 3. The van der Waals surface area contributed by atoms with Gasteiger partial charge in [-0.05, 0) is 13.8 Å². The minimum atomic E-state index is -0.951. The fraction of sp³-hybridized carbons (Fsp3) is 0.778. The van der Waals surface area contributed by atoms with E-state index in [9.17, 15) is 9.59 Å². The summed E-state index contributed by atoms with van der Waals surface area (Å²) in [5.41, 5.74) is 0. The molecule has 0 rings (SSSR count). The van der Waals surface area contributed by atoms with Crippen molar-refractivity contribution in [1.82, 2.24) is 10.6 Å². The van der Waals surface area contributed by atoms with E-state index in [1.165, 1.54) is 7.11 Å². The number of carbonyl (C=O) groups excluding carboxylic acids is 1. The van der Waals surface area contributed by atoms with E-state index >= 15 is 0 Å². The third-order valence-electron chi connectivity index (χ3n) is 1.65. The molecule has 0 fully saturated rings. The van der Waals surface area contributed by atoms with Crippen LogP contribution in [0.4, 0.5) is 4.79 Å². The highest BCUT2D eigenvalue weighted by molar-refractivity contribution is 5.74. The van der Waals surface area contributed by atoms with Crippen LogP contribution < -0.4 is 10.6 Å². The number of rotatable bonds is 6. The van der Waals surface area contributed by atoms with Gasteiger partial charge in [0.15, 0.2) is 0 Å². The van der Waals surface area contributed by atoms with Crippen LogP contribution in [0, 0.1) is 0 Å². The summed E-state index contributed by atoms with van der Waals surface area (Å²) in [6, 6.07) is -0.275. The minimum absolute atomic E-state index is 0.0467. The molecule has 0 aromatic carbocycles. The Morgan fingerprint density at radius 3 is 2.40 bits per heavy atom. The fourth-order valence-electron chi connectivity index (χ4n) is 0.953. The van der Waals surface area contributed by atoms with Crippen molar-refractivity contribution in [2.45, 2.75) is 32.4 Å². The van der Waals surface area contributed by atoms with Crippen molar-refractivity contribution in [3.8, 4) is 0 Å². The molecule has 3 N–H and O–H groups in total. The van der Waals surface area contributed by atoms with E-state index < -0.39 is 12.1 Å². The normalized spacial score (nSPS) is 12.3. The third-order valence-corrected chi connectivity index (χ3v) is 1.65. The molecule has 0 aliphatic heterocycles. The lowest BCUT2D eigenvalue weighted by atomic mass is 10.2. The molecule has 0 heterocycles. The Kier molecular flexibility index (Phi) is 6.44. The summed E-state index contributed by atoms with van der Waals surface area (Å²) in [5.74, 6) is -0.951. The highest BCUT2D eigenvalue weighted by Gasteiger charge is 2.13. The molecule has 88 valence electrons. The van der Waals surface area contributed by atoms with Crippen LogP contribution >= 0.6 is 0 Å². The van der Waals surface area contributed by atoms with Crippen molar-refractivity contribution in [2.75, 3.05) is 13.7 Å². The van der Waals surface area contributed by atoms with Crippen LogP contribution in [0.5, 0.6) is 0 Å². The van der Waals surface area contributed by atoms with Crippen molar-refractivity contribution < 1.29 is 19.4 Å². The topological polar surface area (TPSA) is 87.7 Å². The van der Waals surface area contributed by atoms with Crippen LogP contribution in [0.3, 0.4) is 0 Å². The molecule has 0 saturated carbocycles. The zero-order valence-corrected chi connectivity index (χ0v) is 9.24. The average Bonchev–Trinajstić information content (AvgIpc) is 2.10. The van der Waals surface area contributed by atoms with Crippen LogP contribution in [0.15, 0.2) is 0 Å². The van der Waals surface area contributed by atoms with Gasteiger partial charge in [-0.25, -0.2) is 4.79 Å². The Bertz CT molecular complexity index is 218. The van der Waals surface area contributed by atoms with Gasteiger partial charge in [-0.1, -0.05) is 0 Å². The summed E-state index contributed by atoms with van der Waals surface area (Å²) < 4.78 is 4.89. The maximum absolute atomic E-state index is 11.1. The maximum atomic E-state index is 11.1. The number of hydrogen-bond donors (Lipinski definition) is 3. The Hall–Kier alpha value is -1.30. The smallest absolute Gasteiger partial charge is 0.315 e. The van der Waals surface area contributed by atoms with Crippen LogP contribution in [0.1, 0.15) is 20.3 Å². The molecule has 0 aliphatic carbocycles. The van der Waals surface area contributed by atoms with E-state index in [2.05, 4.69) is 10.6 Å². The van der Waals surface area contributed by atoms with Gasteiger partial charge in [0.2, 0.25) is 0 Å². The third kappa shape index (κ3) is 7.75. The Morgan fingerprint density at radius 2 is 2.00 bits per heavy atom. The van der Waals surface area contributed by atoms with Crippen molar-refractivity contribution in [1.29, 1.82) is 0 Å². The van der Waals surface area contributed by atoms with Gasteiger partial charge in [0.1, 0.15) is 0 Å². The molecule has 6 heteroatoms. The van der Waals surface area contributed by atoms with Crippen molar-refractivity contribution in [3.05, 3.63) is 0 Å². The molecule has 0 aliphatic rings. The summed E-state index contributed by atoms with van der Waals surface area (Å²) in [6.45, 7) is 3.86. The van der Waals surface area contributed by atoms with Crippen LogP contribution in [-0.2, 0) is 9.53 Å². The van der Waals surface area contributed by atoms with Gasteiger partial charge in [-0.15, -0.1) is 0 Å². The zero-order chi connectivity index (χ0) is 11.8. The number of nitrogens with one attached hydrogen (secondary N) is 2. The van der Waals surface area contributed by atoms with E-state index in [4.69, 9.17) is 9.84 Å².